The fourth-order valence-corrected chi connectivity index (χ4v) is 4.63. The van der Waals surface area contributed by atoms with E-state index < -0.39 is 0 Å². The van der Waals surface area contributed by atoms with Crippen molar-refractivity contribution in [2.75, 3.05) is 5.32 Å². The fraction of sp³-hybridized carbons (Fsp3) is 0.357. The molecule has 2 heterocycles. The highest BCUT2D eigenvalue weighted by Gasteiger charge is 2.25. The number of para-hydroxylation sites is 1. The minimum atomic E-state index is 0.00559. The second-order valence-electron chi connectivity index (χ2n) is 9.40. The number of nitrogens with one attached hydrogen (secondary N) is 2. The molecule has 1 fully saturated rings. The molecule has 1 amide bonds. The minimum absolute atomic E-state index is 0.00559. The molecule has 5 rings (SSSR count). The van der Waals surface area contributed by atoms with Gasteiger partial charge in [0.15, 0.2) is 5.65 Å². The Kier molecular flexibility index (Phi) is 6.75. The summed E-state index contributed by atoms with van der Waals surface area (Å²) in [6, 6.07) is 20.0. The number of hydrogen-bond acceptors (Lipinski definition) is 5. The SMILES string of the molecule is CCC(C)c1nc(NC2CCC(NC(=O)c3ccccc3)CC2)c2cnn(-c3ccccc3)c2n1. The Labute approximate surface area is 206 Å². The summed E-state index contributed by atoms with van der Waals surface area (Å²) in [5, 5.41) is 12.5. The quantitative estimate of drug-likeness (QED) is 0.375. The fourth-order valence-electron chi connectivity index (χ4n) is 4.63. The van der Waals surface area contributed by atoms with Crippen LogP contribution >= 0.6 is 0 Å². The number of benzene rings is 2. The Morgan fingerprint density at radius 2 is 1.63 bits per heavy atom. The molecule has 2 aromatic carbocycles. The lowest BCUT2D eigenvalue weighted by Gasteiger charge is -2.30. The van der Waals surface area contributed by atoms with E-state index in [1.54, 1.807) is 0 Å². The van der Waals surface area contributed by atoms with Crippen LogP contribution in [-0.4, -0.2) is 37.7 Å². The Bertz CT molecular complexity index is 1280. The van der Waals surface area contributed by atoms with E-state index in [2.05, 4.69) is 29.6 Å². The second kappa shape index (κ2) is 10.3. The maximum Gasteiger partial charge on any atom is 0.251 e. The average Bonchev–Trinajstić information content (AvgIpc) is 3.35. The first-order valence-corrected chi connectivity index (χ1v) is 12.6. The van der Waals surface area contributed by atoms with E-state index in [0.717, 1.165) is 60.5 Å². The van der Waals surface area contributed by atoms with Crippen LogP contribution < -0.4 is 10.6 Å². The van der Waals surface area contributed by atoms with E-state index in [1.165, 1.54) is 0 Å². The van der Waals surface area contributed by atoms with Crippen molar-refractivity contribution in [2.24, 2.45) is 0 Å². The number of fused-ring (bicyclic) bond motifs is 1. The average molecular weight is 469 g/mol. The lowest BCUT2D eigenvalue weighted by molar-refractivity contribution is 0.0926. The Morgan fingerprint density at radius 1 is 0.971 bits per heavy atom. The van der Waals surface area contributed by atoms with Gasteiger partial charge in [0.05, 0.1) is 17.3 Å². The molecule has 7 heteroatoms. The van der Waals surface area contributed by atoms with Gasteiger partial charge in [0.25, 0.3) is 5.91 Å². The summed E-state index contributed by atoms with van der Waals surface area (Å²) in [4.78, 5) is 22.4. The molecule has 2 aromatic heterocycles. The van der Waals surface area contributed by atoms with Crippen LogP contribution in [0, 0.1) is 0 Å². The second-order valence-corrected chi connectivity index (χ2v) is 9.40. The first-order chi connectivity index (χ1) is 17.1. The van der Waals surface area contributed by atoms with E-state index in [9.17, 15) is 4.79 Å². The van der Waals surface area contributed by atoms with Crippen molar-refractivity contribution in [3.63, 3.8) is 0 Å². The van der Waals surface area contributed by atoms with Gasteiger partial charge in [-0.05, 0) is 56.4 Å². The third-order valence-electron chi connectivity index (χ3n) is 6.94. The normalized spacial score (nSPS) is 18.8. The van der Waals surface area contributed by atoms with Gasteiger partial charge < -0.3 is 10.6 Å². The zero-order valence-corrected chi connectivity index (χ0v) is 20.3. The van der Waals surface area contributed by atoms with Gasteiger partial charge >= 0.3 is 0 Å². The van der Waals surface area contributed by atoms with Crippen LogP contribution in [0.4, 0.5) is 5.82 Å². The monoisotopic (exact) mass is 468 g/mol. The summed E-state index contributed by atoms with van der Waals surface area (Å²) in [7, 11) is 0. The van der Waals surface area contributed by atoms with Gasteiger partial charge in [-0.25, -0.2) is 14.6 Å². The molecule has 0 aliphatic heterocycles. The van der Waals surface area contributed by atoms with Crippen molar-refractivity contribution < 1.29 is 4.79 Å². The summed E-state index contributed by atoms with van der Waals surface area (Å²) < 4.78 is 1.89. The molecular weight excluding hydrogens is 436 g/mol. The van der Waals surface area contributed by atoms with Crippen molar-refractivity contribution in [1.29, 1.82) is 0 Å². The zero-order chi connectivity index (χ0) is 24.2. The third kappa shape index (κ3) is 5.04. The van der Waals surface area contributed by atoms with E-state index >= 15 is 0 Å². The molecule has 1 unspecified atom stereocenters. The number of aromatic nitrogens is 4. The molecule has 0 spiro atoms. The van der Waals surface area contributed by atoms with Crippen molar-refractivity contribution in [2.45, 2.75) is 64.0 Å². The molecule has 2 N–H and O–H groups in total. The van der Waals surface area contributed by atoms with Gasteiger partial charge in [-0.15, -0.1) is 0 Å². The molecule has 4 aromatic rings. The van der Waals surface area contributed by atoms with E-state index in [0.29, 0.717) is 11.6 Å². The topological polar surface area (TPSA) is 84.7 Å². The Morgan fingerprint density at radius 3 is 2.31 bits per heavy atom. The Hall–Kier alpha value is -3.74. The maximum atomic E-state index is 12.5. The highest BCUT2D eigenvalue weighted by molar-refractivity contribution is 5.94. The van der Waals surface area contributed by atoms with Crippen LogP contribution in [0.5, 0.6) is 0 Å². The van der Waals surface area contributed by atoms with Crippen LogP contribution in [0.3, 0.4) is 0 Å². The van der Waals surface area contributed by atoms with Gasteiger partial charge in [-0.3, -0.25) is 4.79 Å². The number of carbonyl (C=O) groups excluding carboxylic acids is 1. The van der Waals surface area contributed by atoms with E-state index in [4.69, 9.17) is 9.97 Å². The molecule has 1 saturated carbocycles. The lowest BCUT2D eigenvalue weighted by Crippen LogP contribution is -2.40. The number of anilines is 1. The smallest absolute Gasteiger partial charge is 0.251 e. The van der Waals surface area contributed by atoms with Gasteiger partial charge in [0.2, 0.25) is 0 Å². The zero-order valence-electron chi connectivity index (χ0n) is 20.3. The first-order valence-electron chi connectivity index (χ1n) is 12.6. The Balaban J connectivity index is 1.33. The molecule has 0 radical (unpaired) electrons. The molecule has 35 heavy (non-hydrogen) atoms. The summed E-state index contributed by atoms with van der Waals surface area (Å²) in [6.07, 6.45) is 6.64. The molecule has 0 bridgehead atoms. The molecule has 7 nitrogen and oxygen atoms in total. The van der Waals surface area contributed by atoms with Gasteiger partial charge in [0.1, 0.15) is 11.6 Å². The minimum Gasteiger partial charge on any atom is -0.367 e. The van der Waals surface area contributed by atoms with Crippen LogP contribution in [0.2, 0.25) is 0 Å². The number of hydrogen-bond donors (Lipinski definition) is 2. The molecule has 1 aliphatic carbocycles. The maximum absolute atomic E-state index is 12.5. The summed E-state index contributed by atoms with van der Waals surface area (Å²) in [6.45, 7) is 4.32. The lowest BCUT2D eigenvalue weighted by atomic mass is 9.91. The molecule has 180 valence electrons. The van der Waals surface area contributed by atoms with Gasteiger partial charge in [-0.2, -0.15) is 5.10 Å². The number of amides is 1. The van der Waals surface area contributed by atoms with E-state index in [1.807, 2.05) is 71.5 Å². The van der Waals surface area contributed by atoms with Gasteiger partial charge in [0, 0.05) is 23.6 Å². The highest BCUT2D eigenvalue weighted by Crippen LogP contribution is 2.29. The first kappa shape index (κ1) is 23.0. The standard InChI is InChI=1S/C28H32N6O/c1-3-19(2)25-32-26(24-18-29-34(27(24)33-25)23-12-8-5-9-13-23)30-21-14-16-22(17-15-21)31-28(35)20-10-6-4-7-11-20/h4-13,18-19,21-22H,3,14-17H2,1-2H3,(H,31,35)(H,30,32,33). The third-order valence-corrected chi connectivity index (χ3v) is 6.94. The predicted octanol–water partition coefficient (Wildman–Crippen LogP) is 5.48. The summed E-state index contributed by atoms with van der Waals surface area (Å²) in [5.74, 6) is 1.95. The summed E-state index contributed by atoms with van der Waals surface area (Å²) >= 11 is 0. The van der Waals surface area contributed by atoms with Crippen LogP contribution in [0.1, 0.15) is 68.1 Å². The van der Waals surface area contributed by atoms with Crippen molar-refractivity contribution in [3.8, 4) is 5.69 Å². The van der Waals surface area contributed by atoms with Crippen molar-refractivity contribution in [1.82, 2.24) is 25.1 Å². The molecular formula is C28H32N6O. The predicted molar refractivity (Wildman–Crippen MR) is 139 cm³/mol. The van der Waals surface area contributed by atoms with Crippen LogP contribution in [-0.2, 0) is 0 Å². The highest BCUT2D eigenvalue weighted by atomic mass is 16.1. The van der Waals surface area contributed by atoms with Gasteiger partial charge in [-0.1, -0.05) is 50.2 Å². The van der Waals surface area contributed by atoms with Crippen molar-refractivity contribution in [3.05, 3.63) is 78.2 Å². The van der Waals surface area contributed by atoms with Crippen molar-refractivity contribution >= 4 is 22.8 Å². The number of nitrogens with zero attached hydrogens (tertiary/aromatic N) is 4. The number of rotatable bonds is 7. The molecule has 1 atom stereocenters. The van der Waals surface area contributed by atoms with Crippen LogP contribution in [0.25, 0.3) is 16.7 Å². The molecule has 1 aliphatic rings. The molecule has 0 saturated heterocycles. The largest absolute Gasteiger partial charge is 0.367 e. The number of carbonyl (C=O) groups is 1. The van der Waals surface area contributed by atoms with Crippen LogP contribution in [0.15, 0.2) is 66.9 Å². The summed E-state index contributed by atoms with van der Waals surface area (Å²) in [5.41, 5.74) is 2.52. The van der Waals surface area contributed by atoms with E-state index in [-0.39, 0.29) is 17.9 Å².